The second-order valence-electron chi connectivity index (χ2n) is 2.61. The zero-order chi connectivity index (χ0) is 8.69. The summed E-state index contributed by atoms with van der Waals surface area (Å²) in [7, 11) is 1.96. The third-order valence-corrected chi connectivity index (χ3v) is 1.49. The van der Waals surface area contributed by atoms with Gasteiger partial charge in [-0.05, 0) is 14.0 Å². The molecule has 0 rings (SSSR count). The van der Waals surface area contributed by atoms with Gasteiger partial charge in [0.15, 0.2) is 0 Å². The molecule has 0 amide bonds. The molecule has 0 spiro atoms. The van der Waals surface area contributed by atoms with Crippen molar-refractivity contribution in [3.8, 4) is 6.07 Å². The molecule has 1 unspecified atom stereocenters. The quantitative estimate of drug-likeness (QED) is 0.647. The van der Waals surface area contributed by atoms with Crippen molar-refractivity contribution >= 4 is 11.6 Å². The van der Waals surface area contributed by atoms with E-state index in [9.17, 15) is 0 Å². The van der Waals surface area contributed by atoms with Crippen LogP contribution in [0.3, 0.4) is 0 Å². The number of nitrogens with zero attached hydrogens (tertiary/aromatic N) is 2. The largest absolute Gasteiger partial charge is 0.301 e. The van der Waals surface area contributed by atoms with Gasteiger partial charge in [-0.15, -0.1) is 0 Å². The molecule has 0 heterocycles. The van der Waals surface area contributed by atoms with E-state index < -0.39 is 0 Å². The maximum Gasteiger partial charge on any atom is 0.0666 e. The van der Waals surface area contributed by atoms with Crippen LogP contribution in [0, 0.1) is 17.2 Å². The van der Waals surface area contributed by atoms with Gasteiger partial charge in [-0.3, -0.25) is 0 Å². The summed E-state index contributed by atoms with van der Waals surface area (Å²) in [5.74, 6) is 0.0868. The molecule has 0 aromatic rings. The molecule has 0 fully saturated rings. The van der Waals surface area contributed by atoms with Crippen molar-refractivity contribution in [3.05, 3.63) is 11.6 Å². The molecule has 0 aliphatic rings. The van der Waals surface area contributed by atoms with E-state index in [0.29, 0.717) is 0 Å². The first-order valence-corrected chi connectivity index (χ1v) is 3.97. The summed E-state index contributed by atoms with van der Waals surface area (Å²) in [4.78, 5) is 2.05. The molecule has 0 N–H and O–H groups in total. The minimum atomic E-state index is 0.0868. The maximum atomic E-state index is 8.49. The first-order valence-electron chi connectivity index (χ1n) is 3.54. The predicted molar refractivity (Wildman–Crippen MR) is 47.3 cm³/mol. The second-order valence-corrected chi connectivity index (χ2v) is 2.87. The van der Waals surface area contributed by atoms with Crippen LogP contribution in [0.2, 0.25) is 0 Å². The summed E-state index contributed by atoms with van der Waals surface area (Å²) in [6.45, 7) is 3.49. The molecule has 2 nitrogen and oxygen atoms in total. The lowest BCUT2D eigenvalue weighted by molar-refractivity contribution is 0.342. The Morgan fingerprint density at radius 1 is 1.73 bits per heavy atom. The molecule has 1 atom stereocenters. The van der Waals surface area contributed by atoms with Crippen molar-refractivity contribution in [2.45, 2.75) is 6.92 Å². The molecule has 0 saturated carbocycles. The first kappa shape index (κ1) is 10.5. The lowest BCUT2D eigenvalue weighted by Gasteiger charge is -2.14. The number of likely N-dealkylation sites (N-methyl/N-ethyl adjacent to an activating group) is 1. The Bertz CT molecular complexity index is 160. The van der Waals surface area contributed by atoms with Gasteiger partial charge in [-0.1, -0.05) is 17.7 Å². The third kappa shape index (κ3) is 5.90. The molecule has 62 valence electrons. The highest BCUT2D eigenvalue weighted by Crippen LogP contribution is 1.95. The molecule has 0 bridgehead atoms. The summed E-state index contributed by atoms with van der Waals surface area (Å²) < 4.78 is 0. The standard InChI is InChI=1S/C8H13ClN2/c1-8(6-10)7-11(2)5-3-4-9/h3-4,8H,5,7H2,1-2H3/b4-3+. The average Bonchev–Trinajstić information content (AvgIpc) is 2.00. The zero-order valence-corrected chi connectivity index (χ0v) is 7.67. The van der Waals surface area contributed by atoms with E-state index in [1.54, 1.807) is 0 Å². The second kappa shape index (κ2) is 6.21. The Morgan fingerprint density at radius 2 is 2.36 bits per heavy atom. The molecular formula is C8H13ClN2. The van der Waals surface area contributed by atoms with E-state index in [-0.39, 0.29) is 5.92 Å². The van der Waals surface area contributed by atoms with E-state index in [2.05, 4.69) is 6.07 Å². The van der Waals surface area contributed by atoms with Crippen molar-refractivity contribution in [2.75, 3.05) is 20.1 Å². The third-order valence-electron chi connectivity index (χ3n) is 1.31. The summed E-state index contributed by atoms with van der Waals surface area (Å²) in [5, 5.41) is 8.49. The van der Waals surface area contributed by atoms with Crippen molar-refractivity contribution in [1.82, 2.24) is 4.90 Å². The summed E-state index contributed by atoms with van der Waals surface area (Å²) in [6, 6.07) is 2.17. The smallest absolute Gasteiger partial charge is 0.0666 e. The van der Waals surface area contributed by atoms with Crippen LogP contribution in [0.25, 0.3) is 0 Å². The van der Waals surface area contributed by atoms with Crippen molar-refractivity contribution in [3.63, 3.8) is 0 Å². The molecule has 3 heteroatoms. The van der Waals surface area contributed by atoms with Gasteiger partial charge in [0.1, 0.15) is 0 Å². The summed E-state index contributed by atoms with van der Waals surface area (Å²) >= 11 is 5.34. The summed E-state index contributed by atoms with van der Waals surface area (Å²) in [6.07, 6.45) is 1.85. The van der Waals surface area contributed by atoms with Gasteiger partial charge in [0.25, 0.3) is 0 Å². The normalized spacial score (nSPS) is 13.7. The van der Waals surface area contributed by atoms with Gasteiger partial charge >= 0.3 is 0 Å². The van der Waals surface area contributed by atoms with E-state index in [1.165, 1.54) is 5.54 Å². The number of hydrogen-bond acceptors (Lipinski definition) is 2. The fourth-order valence-corrected chi connectivity index (χ4v) is 0.882. The molecule has 0 aromatic heterocycles. The van der Waals surface area contributed by atoms with Crippen molar-refractivity contribution in [1.29, 1.82) is 5.26 Å². The Labute approximate surface area is 73.1 Å². The Balaban J connectivity index is 3.53. The highest BCUT2D eigenvalue weighted by molar-refractivity contribution is 6.25. The molecular weight excluding hydrogens is 160 g/mol. The van der Waals surface area contributed by atoms with Crippen molar-refractivity contribution in [2.24, 2.45) is 5.92 Å². The van der Waals surface area contributed by atoms with E-state index in [4.69, 9.17) is 16.9 Å². The van der Waals surface area contributed by atoms with Gasteiger partial charge < -0.3 is 4.90 Å². The number of nitriles is 1. The zero-order valence-electron chi connectivity index (χ0n) is 6.92. The van der Waals surface area contributed by atoms with Gasteiger partial charge in [0, 0.05) is 18.6 Å². The predicted octanol–water partition coefficient (Wildman–Crippen LogP) is 1.83. The van der Waals surface area contributed by atoms with Crippen LogP contribution in [0.4, 0.5) is 0 Å². The van der Waals surface area contributed by atoms with E-state index >= 15 is 0 Å². The summed E-state index contributed by atoms with van der Waals surface area (Å²) in [5.41, 5.74) is 1.49. The topological polar surface area (TPSA) is 27.0 Å². The van der Waals surface area contributed by atoms with Crippen LogP contribution in [-0.2, 0) is 0 Å². The first-order chi connectivity index (χ1) is 5.20. The fourth-order valence-electron chi connectivity index (χ4n) is 0.803. The molecule has 0 aromatic carbocycles. The van der Waals surface area contributed by atoms with Crippen molar-refractivity contribution < 1.29 is 0 Å². The SMILES string of the molecule is CC(C#N)CN(C)C/C=C/Cl. The molecule has 0 saturated heterocycles. The number of halogens is 1. The highest BCUT2D eigenvalue weighted by atomic mass is 35.5. The average molecular weight is 173 g/mol. The van der Waals surface area contributed by atoms with E-state index in [1.807, 2.05) is 24.9 Å². The minimum Gasteiger partial charge on any atom is -0.301 e. The molecule has 11 heavy (non-hydrogen) atoms. The van der Waals surface area contributed by atoms with Crippen LogP contribution in [0.5, 0.6) is 0 Å². The molecule has 0 radical (unpaired) electrons. The monoisotopic (exact) mass is 172 g/mol. The van der Waals surface area contributed by atoms with Crippen LogP contribution in [0.1, 0.15) is 6.92 Å². The van der Waals surface area contributed by atoms with Crippen LogP contribution >= 0.6 is 11.6 Å². The molecule has 0 aliphatic heterocycles. The van der Waals surface area contributed by atoms with Crippen LogP contribution in [-0.4, -0.2) is 25.0 Å². The van der Waals surface area contributed by atoms with Crippen LogP contribution < -0.4 is 0 Å². The number of rotatable bonds is 4. The van der Waals surface area contributed by atoms with E-state index in [0.717, 1.165) is 13.1 Å². The fraction of sp³-hybridized carbons (Fsp3) is 0.625. The van der Waals surface area contributed by atoms with Gasteiger partial charge in [0.05, 0.1) is 12.0 Å². The molecule has 0 aliphatic carbocycles. The lowest BCUT2D eigenvalue weighted by Crippen LogP contribution is -2.23. The van der Waals surface area contributed by atoms with Gasteiger partial charge in [-0.2, -0.15) is 5.26 Å². The minimum absolute atomic E-state index is 0.0868. The Hall–Kier alpha value is -0.520. The van der Waals surface area contributed by atoms with Gasteiger partial charge in [-0.25, -0.2) is 0 Å². The lowest BCUT2D eigenvalue weighted by atomic mass is 10.2. The maximum absolute atomic E-state index is 8.49. The van der Waals surface area contributed by atoms with Gasteiger partial charge in [0.2, 0.25) is 0 Å². The van der Waals surface area contributed by atoms with Crippen LogP contribution in [0.15, 0.2) is 11.6 Å². The Kier molecular flexibility index (Phi) is 5.91. The highest BCUT2D eigenvalue weighted by Gasteiger charge is 2.02. The Morgan fingerprint density at radius 3 is 2.82 bits per heavy atom. The number of hydrogen-bond donors (Lipinski definition) is 0.